The molecule has 2 aromatic heterocycles. The van der Waals surface area contributed by atoms with Crippen LogP contribution in [-0.4, -0.2) is 20.7 Å². The van der Waals surface area contributed by atoms with Crippen LogP contribution in [0.1, 0.15) is 33.4 Å². The van der Waals surface area contributed by atoms with Gasteiger partial charge in [-0.25, -0.2) is 4.39 Å². The number of hydrogen-bond donors (Lipinski definition) is 1. The van der Waals surface area contributed by atoms with E-state index in [1.54, 1.807) is 18.2 Å². The highest BCUT2D eigenvalue weighted by Crippen LogP contribution is 2.25. The third-order valence-corrected chi connectivity index (χ3v) is 5.94. The molecule has 1 unspecified atom stereocenters. The van der Waals surface area contributed by atoms with Crippen molar-refractivity contribution in [1.29, 1.82) is 0 Å². The predicted octanol–water partition coefficient (Wildman–Crippen LogP) is 4.55. The van der Waals surface area contributed by atoms with E-state index in [0.717, 1.165) is 5.56 Å². The van der Waals surface area contributed by atoms with E-state index >= 15 is 0 Å². The number of aromatic nitrogens is 3. The third kappa shape index (κ3) is 5.03. The van der Waals surface area contributed by atoms with E-state index in [4.69, 9.17) is 4.42 Å². The molecule has 4 aromatic rings. The van der Waals surface area contributed by atoms with Crippen molar-refractivity contribution in [2.24, 2.45) is 7.05 Å². The minimum Gasteiger partial charge on any atom is -0.472 e. The van der Waals surface area contributed by atoms with Crippen molar-refractivity contribution in [2.75, 3.05) is 0 Å². The number of amides is 1. The van der Waals surface area contributed by atoms with Gasteiger partial charge in [0.15, 0.2) is 11.0 Å². The Hall–Kier alpha value is -3.39. The lowest BCUT2D eigenvalue weighted by Gasteiger charge is -2.18. The second kappa shape index (κ2) is 9.61. The zero-order chi connectivity index (χ0) is 21.6. The van der Waals surface area contributed by atoms with E-state index in [1.165, 1.54) is 30.4 Å². The monoisotopic (exact) mass is 436 g/mol. The van der Waals surface area contributed by atoms with Crippen LogP contribution in [0, 0.1) is 5.82 Å². The number of carbonyl (C=O) groups is 1. The molecule has 1 N–H and O–H groups in total. The van der Waals surface area contributed by atoms with Gasteiger partial charge in [-0.1, -0.05) is 60.3 Å². The van der Waals surface area contributed by atoms with E-state index < -0.39 is 6.04 Å². The fourth-order valence-electron chi connectivity index (χ4n) is 3.20. The van der Waals surface area contributed by atoms with E-state index in [2.05, 4.69) is 15.5 Å². The summed E-state index contributed by atoms with van der Waals surface area (Å²) in [6.45, 7) is 0. The van der Waals surface area contributed by atoms with Crippen molar-refractivity contribution >= 4 is 17.7 Å². The summed E-state index contributed by atoms with van der Waals surface area (Å²) < 4.78 is 20.8. The van der Waals surface area contributed by atoms with Gasteiger partial charge in [0.1, 0.15) is 12.1 Å². The number of thioether (sulfide) groups is 1. The topological polar surface area (TPSA) is 73.0 Å². The lowest BCUT2D eigenvalue weighted by Crippen LogP contribution is -2.31. The summed E-state index contributed by atoms with van der Waals surface area (Å²) in [7, 11) is 1.85. The Bertz CT molecular complexity index is 1150. The van der Waals surface area contributed by atoms with Gasteiger partial charge in [0.25, 0.3) is 5.91 Å². The first-order valence-corrected chi connectivity index (χ1v) is 10.7. The van der Waals surface area contributed by atoms with Crippen molar-refractivity contribution in [1.82, 2.24) is 20.1 Å². The second-order valence-electron chi connectivity index (χ2n) is 7.01. The average Bonchev–Trinajstić information content (AvgIpc) is 3.44. The van der Waals surface area contributed by atoms with Crippen LogP contribution in [0.4, 0.5) is 4.39 Å². The van der Waals surface area contributed by atoms with Crippen LogP contribution >= 0.6 is 11.8 Å². The standard InChI is InChI=1S/C23H21FN4O2S/c1-28-21(26-27-23(28)31-15-18-9-5-6-10-19(18)24)20(13-16-7-3-2-4-8-16)25-22(29)17-11-12-30-14-17/h2-12,14,20H,13,15H2,1H3,(H,25,29). The fourth-order valence-corrected chi connectivity index (χ4v) is 4.11. The minimum atomic E-state index is -0.398. The van der Waals surface area contributed by atoms with Gasteiger partial charge in [0, 0.05) is 12.8 Å². The first-order chi connectivity index (χ1) is 15.1. The Morgan fingerprint density at radius 2 is 1.90 bits per heavy atom. The molecule has 2 aromatic carbocycles. The zero-order valence-corrected chi connectivity index (χ0v) is 17.7. The first-order valence-electron chi connectivity index (χ1n) is 9.74. The van der Waals surface area contributed by atoms with Gasteiger partial charge in [0.05, 0.1) is 17.9 Å². The molecule has 158 valence electrons. The number of hydrogen-bond acceptors (Lipinski definition) is 5. The Kier molecular flexibility index (Phi) is 6.47. The van der Waals surface area contributed by atoms with Crippen LogP contribution in [0.25, 0.3) is 0 Å². The van der Waals surface area contributed by atoms with Crippen molar-refractivity contribution in [3.63, 3.8) is 0 Å². The lowest BCUT2D eigenvalue weighted by molar-refractivity contribution is 0.0933. The molecule has 4 rings (SSSR count). The highest BCUT2D eigenvalue weighted by atomic mass is 32.2. The molecule has 0 spiro atoms. The number of rotatable bonds is 8. The molecule has 1 amide bonds. The van der Waals surface area contributed by atoms with Gasteiger partial charge in [-0.05, 0) is 29.7 Å². The first kappa shape index (κ1) is 20.9. The lowest BCUT2D eigenvalue weighted by atomic mass is 10.0. The normalized spacial score (nSPS) is 11.9. The molecule has 0 saturated carbocycles. The smallest absolute Gasteiger partial charge is 0.255 e. The Labute approximate surface area is 183 Å². The fraction of sp³-hybridized carbons (Fsp3) is 0.174. The van der Waals surface area contributed by atoms with Gasteiger partial charge in [-0.15, -0.1) is 10.2 Å². The number of carbonyl (C=O) groups excluding carboxylic acids is 1. The summed E-state index contributed by atoms with van der Waals surface area (Å²) in [5.41, 5.74) is 2.10. The molecular weight excluding hydrogens is 415 g/mol. The number of halogens is 1. The van der Waals surface area contributed by atoms with Crippen molar-refractivity contribution in [3.8, 4) is 0 Å². The van der Waals surface area contributed by atoms with E-state index in [1.807, 2.05) is 48.0 Å². The zero-order valence-electron chi connectivity index (χ0n) is 16.9. The molecule has 0 saturated heterocycles. The molecule has 0 radical (unpaired) electrons. The molecule has 0 bridgehead atoms. The molecule has 2 heterocycles. The van der Waals surface area contributed by atoms with Crippen LogP contribution < -0.4 is 5.32 Å². The largest absolute Gasteiger partial charge is 0.472 e. The maximum absolute atomic E-state index is 13.9. The highest BCUT2D eigenvalue weighted by Gasteiger charge is 2.23. The maximum atomic E-state index is 13.9. The minimum absolute atomic E-state index is 0.244. The van der Waals surface area contributed by atoms with Crippen LogP contribution in [-0.2, 0) is 19.2 Å². The summed E-state index contributed by atoms with van der Waals surface area (Å²) >= 11 is 1.40. The Morgan fingerprint density at radius 3 is 2.65 bits per heavy atom. The molecule has 1 atom stereocenters. The van der Waals surface area contributed by atoms with Crippen molar-refractivity contribution in [3.05, 3.63) is 102 Å². The van der Waals surface area contributed by atoms with Gasteiger partial charge in [-0.3, -0.25) is 4.79 Å². The van der Waals surface area contributed by atoms with E-state index in [9.17, 15) is 9.18 Å². The molecule has 0 aliphatic rings. The quantitative estimate of drug-likeness (QED) is 0.410. The number of nitrogens with zero attached hydrogens (tertiary/aromatic N) is 3. The van der Waals surface area contributed by atoms with Crippen molar-refractivity contribution < 1.29 is 13.6 Å². The van der Waals surface area contributed by atoms with E-state index in [-0.39, 0.29) is 11.7 Å². The Morgan fingerprint density at radius 1 is 1.13 bits per heavy atom. The molecule has 0 fully saturated rings. The van der Waals surface area contributed by atoms with Gasteiger partial charge in [0.2, 0.25) is 0 Å². The summed E-state index contributed by atoms with van der Waals surface area (Å²) in [5.74, 6) is 0.560. The summed E-state index contributed by atoms with van der Waals surface area (Å²) in [4.78, 5) is 12.7. The predicted molar refractivity (Wildman–Crippen MR) is 116 cm³/mol. The molecular formula is C23H21FN4O2S. The SMILES string of the molecule is Cn1c(SCc2ccccc2F)nnc1C(Cc1ccccc1)NC(=O)c1ccoc1. The number of furan rings is 1. The molecule has 0 aliphatic carbocycles. The van der Waals surface area contributed by atoms with Crippen LogP contribution in [0.3, 0.4) is 0 Å². The Balaban J connectivity index is 1.55. The maximum Gasteiger partial charge on any atom is 0.255 e. The molecule has 6 nitrogen and oxygen atoms in total. The number of nitrogens with one attached hydrogen (secondary N) is 1. The van der Waals surface area contributed by atoms with Gasteiger partial charge >= 0.3 is 0 Å². The second-order valence-corrected chi connectivity index (χ2v) is 7.95. The summed E-state index contributed by atoms with van der Waals surface area (Å²) in [6.07, 6.45) is 3.41. The van der Waals surface area contributed by atoms with Gasteiger partial charge < -0.3 is 14.3 Å². The van der Waals surface area contributed by atoms with Gasteiger partial charge in [-0.2, -0.15) is 0 Å². The third-order valence-electron chi connectivity index (χ3n) is 4.87. The van der Waals surface area contributed by atoms with E-state index in [0.29, 0.717) is 34.3 Å². The average molecular weight is 437 g/mol. The number of benzene rings is 2. The molecule has 31 heavy (non-hydrogen) atoms. The summed E-state index contributed by atoms with van der Waals surface area (Å²) in [5, 5.41) is 12.3. The van der Waals surface area contributed by atoms with Crippen molar-refractivity contribution in [2.45, 2.75) is 23.4 Å². The van der Waals surface area contributed by atoms with Crippen LogP contribution in [0.15, 0.2) is 82.8 Å². The van der Waals surface area contributed by atoms with Crippen LogP contribution in [0.2, 0.25) is 0 Å². The molecule has 8 heteroatoms. The summed E-state index contributed by atoms with van der Waals surface area (Å²) in [6, 6.07) is 17.7. The molecule has 0 aliphatic heterocycles. The van der Waals surface area contributed by atoms with Crippen LogP contribution in [0.5, 0.6) is 0 Å². The highest BCUT2D eigenvalue weighted by molar-refractivity contribution is 7.98.